The number of amides is 4. The molecule has 6 nitrogen and oxygen atoms in total. The molecule has 27 heavy (non-hydrogen) atoms. The number of hydrogen-bond acceptors (Lipinski definition) is 3. The van der Waals surface area contributed by atoms with E-state index in [1.54, 1.807) is 0 Å². The molecule has 3 heterocycles. The fourth-order valence-corrected chi connectivity index (χ4v) is 4.92. The zero-order valence-corrected chi connectivity index (χ0v) is 15.6. The number of carbonyl (C=O) groups is 3. The summed E-state index contributed by atoms with van der Waals surface area (Å²) in [6.07, 6.45) is 5.95. The lowest BCUT2D eigenvalue weighted by molar-refractivity contribution is -0.142. The van der Waals surface area contributed by atoms with E-state index in [4.69, 9.17) is 0 Å². The quantitative estimate of drug-likeness (QED) is 0.640. The second-order valence-corrected chi connectivity index (χ2v) is 7.90. The van der Waals surface area contributed by atoms with Crippen LogP contribution < -0.4 is 5.32 Å². The Morgan fingerprint density at radius 1 is 0.963 bits per heavy atom. The minimum absolute atomic E-state index is 0.00749. The summed E-state index contributed by atoms with van der Waals surface area (Å²) < 4.78 is 0. The summed E-state index contributed by atoms with van der Waals surface area (Å²) in [5.74, 6) is -0.0774. The Hall–Kier alpha value is -2.37. The number of carbonyl (C=O) groups excluding carboxylic acids is 3. The van der Waals surface area contributed by atoms with Gasteiger partial charge in [0.05, 0.1) is 0 Å². The molecule has 4 amide bonds. The number of likely N-dealkylation sites (tertiary alicyclic amines) is 1. The van der Waals surface area contributed by atoms with Crippen molar-refractivity contribution in [2.45, 2.75) is 69.5 Å². The highest BCUT2D eigenvalue weighted by molar-refractivity contribution is 6.02. The maximum absolute atomic E-state index is 12.7. The number of nitrogens with zero attached hydrogens (tertiary/aromatic N) is 2. The Labute approximate surface area is 159 Å². The lowest BCUT2D eigenvalue weighted by Crippen LogP contribution is -2.56. The number of urea groups is 1. The molecular weight excluding hydrogens is 342 g/mol. The van der Waals surface area contributed by atoms with Crippen LogP contribution in [0.4, 0.5) is 4.79 Å². The van der Waals surface area contributed by atoms with Crippen LogP contribution in [0.2, 0.25) is 0 Å². The molecule has 3 aliphatic rings. The van der Waals surface area contributed by atoms with E-state index in [9.17, 15) is 14.4 Å². The predicted octanol–water partition coefficient (Wildman–Crippen LogP) is 2.47. The van der Waals surface area contributed by atoms with Crippen molar-refractivity contribution < 1.29 is 14.4 Å². The lowest BCUT2D eigenvalue weighted by Gasteiger charge is -2.41. The van der Waals surface area contributed by atoms with E-state index in [1.807, 2.05) is 23.1 Å². The standard InChI is InChI=1S/C21H27N3O3/c25-19-10-11-20(26)24(19)18-13-16-8-9-17(14-18)23(16)21(27)22-12-4-7-15-5-2-1-3-6-15/h1-3,5-6,16-18H,4,7-14H2,(H,22,27). The second kappa shape index (κ2) is 7.71. The highest BCUT2D eigenvalue weighted by atomic mass is 16.2. The first kappa shape index (κ1) is 18.0. The van der Waals surface area contributed by atoms with E-state index in [2.05, 4.69) is 17.4 Å². The largest absolute Gasteiger partial charge is 0.338 e. The van der Waals surface area contributed by atoms with Crippen molar-refractivity contribution in [2.24, 2.45) is 0 Å². The minimum Gasteiger partial charge on any atom is -0.338 e. The Kier molecular flexibility index (Phi) is 5.14. The van der Waals surface area contributed by atoms with Crippen molar-refractivity contribution >= 4 is 17.8 Å². The summed E-state index contributed by atoms with van der Waals surface area (Å²) in [7, 11) is 0. The van der Waals surface area contributed by atoms with Gasteiger partial charge in [0.15, 0.2) is 0 Å². The van der Waals surface area contributed by atoms with Crippen LogP contribution in [0.5, 0.6) is 0 Å². The van der Waals surface area contributed by atoms with E-state index in [0.717, 1.165) is 38.5 Å². The molecule has 1 N–H and O–H groups in total. The zero-order valence-electron chi connectivity index (χ0n) is 15.6. The molecule has 0 radical (unpaired) electrons. The molecule has 2 atom stereocenters. The predicted molar refractivity (Wildman–Crippen MR) is 101 cm³/mol. The van der Waals surface area contributed by atoms with Gasteiger partial charge in [-0.3, -0.25) is 14.5 Å². The normalized spacial score (nSPS) is 27.3. The Morgan fingerprint density at radius 2 is 1.59 bits per heavy atom. The van der Waals surface area contributed by atoms with Gasteiger partial charge in [-0.1, -0.05) is 30.3 Å². The van der Waals surface area contributed by atoms with Crippen LogP contribution in [0.25, 0.3) is 0 Å². The monoisotopic (exact) mass is 369 g/mol. The molecule has 0 aliphatic carbocycles. The molecule has 4 rings (SSSR count). The third-order valence-corrected chi connectivity index (χ3v) is 6.16. The van der Waals surface area contributed by atoms with Crippen LogP contribution in [0.1, 0.15) is 50.5 Å². The number of piperidine rings is 1. The molecule has 144 valence electrons. The average molecular weight is 369 g/mol. The topological polar surface area (TPSA) is 69.7 Å². The van der Waals surface area contributed by atoms with Crippen LogP contribution >= 0.6 is 0 Å². The van der Waals surface area contributed by atoms with Gasteiger partial charge >= 0.3 is 6.03 Å². The van der Waals surface area contributed by atoms with Gasteiger partial charge in [-0.15, -0.1) is 0 Å². The second-order valence-electron chi connectivity index (χ2n) is 7.90. The molecule has 1 aromatic carbocycles. The lowest BCUT2D eigenvalue weighted by atomic mass is 9.96. The first-order chi connectivity index (χ1) is 13.1. The van der Waals surface area contributed by atoms with E-state index in [-0.39, 0.29) is 36.0 Å². The number of nitrogens with one attached hydrogen (secondary N) is 1. The summed E-state index contributed by atoms with van der Waals surface area (Å²) in [6, 6.07) is 10.6. The maximum Gasteiger partial charge on any atom is 0.317 e. The van der Waals surface area contributed by atoms with Crippen LogP contribution in [0.3, 0.4) is 0 Å². The van der Waals surface area contributed by atoms with Crippen molar-refractivity contribution in [3.05, 3.63) is 35.9 Å². The van der Waals surface area contributed by atoms with Crippen molar-refractivity contribution in [1.29, 1.82) is 0 Å². The number of aryl methyl sites for hydroxylation is 1. The van der Waals surface area contributed by atoms with Crippen molar-refractivity contribution in [3.63, 3.8) is 0 Å². The zero-order chi connectivity index (χ0) is 18.8. The molecule has 6 heteroatoms. The number of imide groups is 1. The van der Waals surface area contributed by atoms with Gasteiger partial charge in [-0.05, 0) is 44.1 Å². The molecule has 2 unspecified atom stereocenters. The Bertz CT molecular complexity index is 691. The van der Waals surface area contributed by atoms with Gasteiger partial charge in [0, 0.05) is 37.5 Å². The summed E-state index contributed by atoms with van der Waals surface area (Å²) in [4.78, 5) is 40.2. The van der Waals surface area contributed by atoms with Crippen LogP contribution in [-0.4, -0.2) is 52.3 Å². The van der Waals surface area contributed by atoms with Crippen LogP contribution in [-0.2, 0) is 16.0 Å². The van der Waals surface area contributed by atoms with Gasteiger partial charge in [0.2, 0.25) is 11.8 Å². The van der Waals surface area contributed by atoms with E-state index in [0.29, 0.717) is 19.4 Å². The molecule has 0 spiro atoms. The van der Waals surface area contributed by atoms with Crippen molar-refractivity contribution in [1.82, 2.24) is 15.1 Å². The molecule has 0 aromatic heterocycles. The van der Waals surface area contributed by atoms with E-state index >= 15 is 0 Å². The molecule has 2 bridgehead atoms. The fourth-order valence-electron chi connectivity index (χ4n) is 4.92. The summed E-state index contributed by atoms with van der Waals surface area (Å²) in [5, 5.41) is 3.06. The van der Waals surface area contributed by atoms with Crippen LogP contribution in [0.15, 0.2) is 30.3 Å². The number of benzene rings is 1. The smallest absolute Gasteiger partial charge is 0.317 e. The summed E-state index contributed by atoms with van der Waals surface area (Å²) in [6.45, 7) is 0.663. The third-order valence-electron chi connectivity index (χ3n) is 6.16. The van der Waals surface area contributed by atoms with Gasteiger partial charge in [0.25, 0.3) is 0 Å². The molecule has 1 aromatic rings. The first-order valence-electron chi connectivity index (χ1n) is 10.1. The van der Waals surface area contributed by atoms with Gasteiger partial charge < -0.3 is 10.2 Å². The molecule has 3 saturated heterocycles. The van der Waals surface area contributed by atoms with Gasteiger partial charge in [-0.25, -0.2) is 4.79 Å². The summed E-state index contributed by atoms with van der Waals surface area (Å²) in [5.41, 5.74) is 1.28. The summed E-state index contributed by atoms with van der Waals surface area (Å²) >= 11 is 0. The highest BCUT2D eigenvalue weighted by Crippen LogP contribution is 2.38. The average Bonchev–Trinajstić information content (AvgIpc) is 3.15. The fraction of sp³-hybridized carbons (Fsp3) is 0.571. The molecule has 0 saturated carbocycles. The number of rotatable bonds is 5. The van der Waals surface area contributed by atoms with E-state index in [1.165, 1.54) is 10.5 Å². The van der Waals surface area contributed by atoms with Gasteiger partial charge in [0.1, 0.15) is 0 Å². The molecule has 3 aliphatic heterocycles. The third kappa shape index (κ3) is 3.70. The molecule has 3 fully saturated rings. The number of fused-ring (bicyclic) bond motifs is 2. The van der Waals surface area contributed by atoms with Crippen molar-refractivity contribution in [3.8, 4) is 0 Å². The first-order valence-corrected chi connectivity index (χ1v) is 10.1. The minimum atomic E-state index is -0.0387. The molecular formula is C21H27N3O3. The van der Waals surface area contributed by atoms with Crippen molar-refractivity contribution in [2.75, 3.05) is 6.54 Å². The highest BCUT2D eigenvalue weighted by Gasteiger charge is 2.47. The maximum atomic E-state index is 12.7. The van der Waals surface area contributed by atoms with Gasteiger partial charge in [-0.2, -0.15) is 0 Å². The van der Waals surface area contributed by atoms with E-state index < -0.39 is 0 Å². The van der Waals surface area contributed by atoms with Crippen LogP contribution in [0, 0.1) is 0 Å². The Morgan fingerprint density at radius 3 is 2.22 bits per heavy atom. The number of hydrogen-bond donors (Lipinski definition) is 1. The Balaban J connectivity index is 1.28. The SMILES string of the molecule is O=C1CCC(=O)N1C1CC2CCC(C1)N2C(=O)NCCCc1ccccc1.